The number of rotatable bonds is 3. The maximum atomic E-state index is 12.2. The van der Waals surface area contributed by atoms with E-state index in [2.05, 4.69) is 26.2 Å². The van der Waals surface area contributed by atoms with Crippen LogP contribution in [0.1, 0.15) is 28.9 Å². The molecule has 19 heavy (non-hydrogen) atoms. The number of nitrogens with zero attached hydrogens (tertiary/aromatic N) is 2. The molecule has 1 aliphatic heterocycles. The van der Waals surface area contributed by atoms with E-state index in [-0.39, 0.29) is 11.4 Å². The lowest BCUT2D eigenvalue weighted by atomic mass is 9.92. The number of pyridine rings is 1. The van der Waals surface area contributed by atoms with Gasteiger partial charge in [-0.3, -0.25) is 4.79 Å². The predicted molar refractivity (Wildman–Crippen MR) is 73.0 cm³/mol. The number of halogens is 1. The molecular formula is C13H14BrN3O2. The van der Waals surface area contributed by atoms with E-state index in [1.807, 2.05) is 6.07 Å². The Balaban J connectivity index is 2.08. The summed E-state index contributed by atoms with van der Waals surface area (Å²) in [5.41, 5.74) is 0.494. The molecule has 100 valence electrons. The third kappa shape index (κ3) is 3.31. The Morgan fingerprint density at radius 1 is 1.53 bits per heavy atom. The van der Waals surface area contributed by atoms with E-state index < -0.39 is 0 Å². The molecule has 6 heteroatoms. The first-order chi connectivity index (χ1) is 9.19. The number of hydrogen-bond acceptors (Lipinski definition) is 4. The van der Waals surface area contributed by atoms with Crippen molar-refractivity contribution >= 4 is 21.8 Å². The fourth-order valence-corrected chi connectivity index (χ4v) is 2.65. The minimum absolute atomic E-state index is 0.217. The van der Waals surface area contributed by atoms with Crippen molar-refractivity contribution in [2.45, 2.75) is 18.4 Å². The van der Waals surface area contributed by atoms with E-state index in [4.69, 9.17) is 10.00 Å². The van der Waals surface area contributed by atoms with Crippen LogP contribution in [0.5, 0.6) is 0 Å². The van der Waals surface area contributed by atoms with Gasteiger partial charge in [0.05, 0.1) is 11.1 Å². The Kier molecular flexibility index (Phi) is 4.51. The maximum absolute atomic E-state index is 12.2. The minimum Gasteiger partial charge on any atom is -0.381 e. The molecule has 0 spiro atoms. The molecule has 1 aliphatic rings. The first-order valence-electron chi connectivity index (χ1n) is 6.01. The smallest absolute Gasteiger partial charge is 0.270 e. The Morgan fingerprint density at radius 2 is 2.26 bits per heavy atom. The monoisotopic (exact) mass is 323 g/mol. The SMILES string of the molecule is N#Cc1ccc(C(=O)NC2(CBr)CCOCC2)nc1. The fourth-order valence-electron chi connectivity index (χ4n) is 1.95. The van der Waals surface area contributed by atoms with Gasteiger partial charge in [0, 0.05) is 24.7 Å². The first kappa shape index (κ1) is 14.0. The molecule has 0 aliphatic carbocycles. The van der Waals surface area contributed by atoms with Crippen LogP contribution in [0.25, 0.3) is 0 Å². The Bertz CT molecular complexity index is 490. The number of carbonyl (C=O) groups excluding carboxylic acids is 1. The van der Waals surface area contributed by atoms with Gasteiger partial charge in [-0.2, -0.15) is 5.26 Å². The lowest BCUT2D eigenvalue weighted by Gasteiger charge is -2.36. The van der Waals surface area contributed by atoms with Crippen LogP contribution in [-0.2, 0) is 4.74 Å². The van der Waals surface area contributed by atoms with Crippen molar-refractivity contribution in [3.63, 3.8) is 0 Å². The van der Waals surface area contributed by atoms with Crippen LogP contribution >= 0.6 is 15.9 Å². The summed E-state index contributed by atoms with van der Waals surface area (Å²) >= 11 is 3.46. The lowest BCUT2D eigenvalue weighted by molar-refractivity contribution is 0.0440. The summed E-state index contributed by atoms with van der Waals surface area (Å²) in [4.78, 5) is 16.2. The molecule has 0 unspecified atom stereocenters. The van der Waals surface area contributed by atoms with E-state index in [1.54, 1.807) is 12.1 Å². The molecule has 0 atom stereocenters. The van der Waals surface area contributed by atoms with Gasteiger partial charge in [0.15, 0.2) is 0 Å². The third-order valence-electron chi connectivity index (χ3n) is 3.21. The van der Waals surface area contributed by atoms with Gasteiger partial charge in [0.25, 0.3) is 5.91 Å². The van der Waals surface area contributed by atoms with Crippen LogP contribution in [-0.4, -0.2) is 35.0 Å². The summed E-state index contributed by atoms with van der Waals surface area (Å²) in [6.45, 7) is 1.29. The van der Waals surface area contributed by atoms with Crippen molar-refractivity contribution < 1.29 is 9.53 Å². The maximum Gasteiger partial charge on any atom is 0.270 e. The highest BCUT2D eigenvalue weighted by atomic mass is 79.9. The first-order valence-corrected chi connectivity index (χ1v) is 7.14. The summed E-state index contributed by atoms with van der Waals surface area (Å²) < 4.78 is 5.32. The van der Waals surface area contributed by atoms with Gasteiger partial charge in [-0.1, -0.05) is 15.9 Å². The molecule has 1 saturated heterocycles. The standard InChI is InChI=1S/C13H14BrN3O2/c14-9-13(3-5-19-6-4-13)17-12(18)11-2-1-10(7-15)8-16-11/h1-2,8H,3-6,9H2,(H,17,18). The van der Waals surface area contributed by atoms with Gasteiger partial charge in [-0.05, 0) is 25.0 Å². The van der Waals surface area contributed by atoms with Gasteiger partial charge >= 0.3 is 0 Å². The Labute approximate surface area is 120 Å². The molecule has 1 fully saturated rings. The van der Waals surface area contributed by atoms with Gasteiger partial charge in [0.1, 0.15) is 11.8 Å². The number of hydrogen-bond donors (Lipinski definition) is 1. The quantitative estimate of drug-likeness (QED) is 0.858. The number of nitrogens with one attached hydrogen (secondary N) is 1. The summed E-state index contributed by atoms with van der Waals surface area (Å²) in [7, 11) is 0. The molecule has 0 aromatic carbocycles. The summed E-state index contributed by atoms with van der Waals surface area (Å²) in [5, 5.41) is 12.4. The fraction of sp³-hybridized carbons (Fsp3) is 0.462. The van der Waals surface area contributed by atoms with Crippen molar-refractivity contribution in [1.82, 2.24) is 10.3 Å². The van der Waals surface area contributed by atoms with Crippen molar-refractivity contribution in [3.05, 3.63) is 29.6 Å². The normalized spacial score (nSPS) is 17.5. The molecule has 0 bridgehead atoms. The molecule has 0 radical (unpaired) electrons. The van der Waals surface area contributed by atoms with Crippen LogP contribution in [0.15, 0.2) is 18.3 Å². The molecule has 1 aromatic heterocycles. The van der Waals surface area contributed by atoms with E-state index in [0.717, 1.165) is 12.8 Å². The van der Waals surface area contributed by atoms with Crippen molar-refractivity contribution in [3.8, 4) is 6.07 Å². The van der Waals surface area contributed by atoms with Gasteiger partial charge in [-0.15, -0.1) is 0 Å². The number of aromatic nitrogens is 1. The molecule has 5 nitrogen and oxygen atoms in total. The van der Waals surface area contributed by atoms with Gasteiger partial charge in [-0.25, -0.2) is 4.98 Å². The van der Waals surface area contributed by atoms with E-state index >= 15 is 0 Å². The van der Waals surface area contributed by atoms with Crippen LogP contribution in [0, 0.1) is 11.3 Å². The van der Waals surface area contributed by atoms with E-state index in [1.165, 1.54) is 6.20 Å². The number of alkyl halides is 1. The number of carbonyl (C=O) groups is 1. The minimum atomic E-state index is -0.273. The summed E-state index contributed by atoms with van der Waals surface area (Å²) in [6.07, 6.45) is 2.96. The number of ether oxygens (including phenoxy) is 1. The largest absolute Gasteiger partial charge is 0.381 e. The zero-order valence-corrected chi connectivity index (χ0v) is 11.9. The highest BCUT2D eigenvalue weighted by molar-refractivity contribution is 9.09. The van der Waals surface area contributed by atoms with Crippen LogP contribution in [0.4, 0.5) is 0 Å². The molecule has 2 heterocycles. The highest BCUT2D eigenvalue weighted by Crippen LogP contribution is 2.23. The van der Waals surface area contributed by atoms with Gasteiger partial charge < -0.3 is 10.1 Å². The van der Waals surface area contributed by atoms with Gasteiger partial charge in [0.2, 0.25) is 0 Å². The molecule has 1 amide bonds. The lowest BCUT2D eigenvalue weighted by Crippen LogP contribution is -2.53. The molecule has 2 rings (SSSR count). The average molecular weight is 324 g/mol. The average Bonchev–Trinajstić information content (AvgIpc) is 2.48. The van der Waals surface area contributed by atoms with Crippen molar-refractivity contribution in [2.24, 2.45) is 0 Å². The Morgan fingerprint density at radius 3 is 2.79 bits per heavy atom. The zero-order valence-electron chi connectivity index (χ0n) is 10.4. The molecular weight excluding hydrogens is 310 g/mol. The topological polar surface area (TPSA) is 75.0 Å². The molecule has 0 saturated carbocycles. The summed E-state index contributed by atoms with van der Waals surface area (Å²) in [6, 6.07) is 5.13. The molecule has 1 aromatic rings. The number of amides is 1. The van der Waals surface area contributed by atoms with E-state index in [9.17, 15) is 4.79 Å². The Hall–Kier alpha value is -1.45. The third-order valence-corrected chi connectivity index (χ3v) is 4.28. The van der Waals surface area contributed by atoms with Crippen molar-refractivity contribution in [1.29, 1.82) is 5.26 Å². The van der Waals surface area contributed by atoms with Crippen LogP contribution in [0.3, 0.4) is 0 Å². The second kappa shape index (κ2) is 6.13. The van der Waals surface area contributed by atoms with E-state index in [0.29, 0.717) is 29.8 Å². The predicted octanol–water partition coefficient (Wildman–Crippen LogP) is 1.63. The zero-order chi connectivity index (χ0) is 13.7. The van der Waals surface area contributed by atoms with Crippen molar-refractivity contribution in [2.75, 3.05) is 18.5 Å². The molecule has 1 N–H and O–H groups in total. The second-order valence-corrected chi connectivity index (χ2v) is 5.09. The van der Waals surface area contributed by atoms with Crippen LogP contribution < -0.4 is 5.32 Å². The second-order valence-electron chi connectivity index (χ2n) is 4.52. The highest BCUT2D eigenvalue weighted by Gasteiger charge is 2.33. The number of nitriles is 1. The summed E-state index contributed by atoms with van der Waals surface area (Å²) in [5.74, 6) is -0.217. The van der Waals surface area contributed by atoms with Crippen LogP contribution in [0.2, 0.25) is 0 Å².